The molecule has 1 unspecified atom stereocenters. The fourth-order valence-corrected chi connectivity index (χ4v) is 2.27. The van der Waals surface area contributed by atoms with Crippen LogP contribution >= 0.6 is 0 Å². The highest BCUT2D eigenvalue weighted by molar-refractivity contribution is 5.33. The molecule has 0 aromatic heterocycles. The Morgan fingerprint density at radius 3 is 2.32 bits per heavy atom. The van der Waals surface area contributed by atoms with Gasteiger partial charge in [0.05, 0.1) is 5.60 Å². The van der Waals surface area contributed by atoms with E-state index in [1.54, 1.807) is 19.1 Å². The molecule has 0 aliphatic carbocycles. The molecule has 0 heterocycles. The average Bonchev–Trinajstić information content (AvgIpc) is 2.34. The molecule has 0 bridgehead atoms. The quantitative estimate of drug-likeness (QED) is 0.885. The van der Waals surface area contributed by atoms with Crippen molar-refractivity contribution in [1.82, 2.24) is 0 Å². The number of aryl methyl sites for hydroxylation is 2. The van der Waals surface area contributed by atoms with E-state index in [1.165, 1.54) is 17.7 Å². The zero-order valence-corrected chi connectivity index (χ0v) is 11.6. The van der Waals surface area contributed by atoms with Crippen molar-refractivity contribution < 1.29 is 9.50 Å². The number of benzene rings is 2. The van der Waals surface area contributed by atoms with Crippen molar-refractivity contribution in [2.75, 3.05) is 0 Å². The lowest BCUT2D eigenvalue weighted by atomic mass is 9.87. The Hall–Kier alpha value is -1.67. The van der Waals surface area contributed by atoms with Crippen molar-refractivity contribution in [2.24, 2.45) is 0 Å². The van der Waals surface area contributed by atoms with Gasteiger partial charge in [-0.1, -0.05) is 35.9 Å². The second kappa shape index (κ2) is 5.14. The zero-order chi connectivity index (χ0) is 14.0. The first kappa shape index (κ1) is 13.8. The first-order valence-electron chi connectivity index (χ1n) is 6.43. The van der Waals surface area contributed by atoms with E-state index < -0.39 is 5.60 Å². The van der Waals surface area contributed by atoms with Gasteiger partial charge in [0, 0.05) is 6.42 Å². The number of hydrogen-bond donors (Lipinski definition) is 1. The first-order valence-corrected chi connectivity index (χ1v) is 6.43. The van der Waals surface area contributed by atoms with Gasteiger partial charge in [0.15, 0.2) is 0 Å². The minimum Gasteiger partial charge on any atom is -0.385 e. The van der Waals surface area contributed by atoms with Gasteiger partial charge >= 0.3 is 0 Å². The van der Waals surface area contributed by atoms with Crippen molar-refractivity contribution in [3.05, 3.63) is 70.5 Å². The molecule has 0 aliphatic heterocycles. The van der Waals surface area contributed by atoms with E-state index in [0.717, 1.165) is 16.7 Å². The van der Waals surface area contributed by atoms with Crippen LogP contribution in [0.3, 0.4) is 0 Å². The van der Waals surface area contributed by atoms with Gasteiger partial charge < -0.3 is 5.11 Å². The lowest BCUT2D eigenvalue weighted by molar-refractivity contribution is 0.0574. The maximum Gasteiger partial charge on any atom is 0.123 e. The van der Waals surface area contributed by atoms with Gasteiger partial charge in [0.2, 0.25) is 0 Å². The minimum atomic E-state index is -0.994. The number of aliphatic hydroxyl groups is 1. The monoisotopic (exact) mass is 258 g/mol. The van der Waals surface area contributed by atoms with Crippen molar-refractivity contribution in [3.63, 3.8) is 0 Å². The Labute approximate surface area is 113 Å². The molecular weight excluding hydrogens is 239 g/mol. The summed E-state index contributed by atoms with van der Waals surface area (Å²) in [5, 5.41) is 10.6. The normalized spacial score (nSPS) is 14.2. The minimum absolute atomic E-state index is 0.286. The average molecular weight is 258 g/mol. The summed E-state index contributed by atoms with van der Waals surface area (Å²) >= 11 is 0. The third-order valence-corrected chi connectivity index (χ3v) is 3.51. The highest BCUT2D eigenvalue weighted by Gasteiger charge is 2.24. The maximum atomic E-state index is 12.9. The summed E-state index contributed by atoms with van der Waals surface area (Å²) in [6.07, 6.45) is 0.520. The van der Waals surface area contributed by atoms with Crippen LogP contribution in [0.1, 0.15) is 29.2 Å². The van der Waals surface area contributed by atoms with Crippen LogP contribution in [0.2, 0.25) is 0 Å². The van der Waals surface area contributed by atoms with Gasteiger partial charge in [-0.2, -0.15) is 0 Å². The van der Waals surface area contributed by atoms with Crippen molar-refractivity contribution in [3.8, 4) is 0 Å². The lowest BCUT2D eigenvalue weighted by Crippen LogP contribution is -2.24. The van der Waals surface area contributed by atoms with E-state index in [0.29, 0.717) is 6.42 Å². The van der Waals surface area contributed by atoms with Gasteiger partial charge in [0.25, 0.3) is 0 Å². The molecule has 0 aliphatic rings. The second-order valence-electron chi connectivity index (χ2n) is 5.39. The Morgan fingerprint density at radius 1 is 1.05 bits per heavy atom. The summed E-state index contributed by atoms with van der Waals surface area (Å²) < 4.78 is 12.9. The molecule has 0 spiro atoms. The molecule has 1 atom stereocenters. The molecule has 100 valence electrons. The van der Waals surface area contributed by atoms with Crippen LogP contribution in [0.25, 0.3) is 0 Å². The van der Waals surface area contributed by atoms with Gasteiger partial charge in [-0.3, -0.25) is 0 Å². The molecule has 1 N–H and O–H groups in total. The molecule has 1 nitrogen and oxygen atoms in total. The molecule has 2 heteroatoms. The van der Waals surface area contributed by atoms with Crippen molar-refractivity contribution in [2.45, 2.75) is 32.8 Å². The summed E-state index contributed by atoms with van der Waals surface area (Å²) in [6, 6.07) is 12.3. The van der Waals surface area contributed by atoms with Gasteiger partial charge in [-0.05, 0) is 49.6 Å². The van der Waals surface area contributed by atoms with Gasteiger partial charge in [-0.15, -0.1) is 0 Å². The van der Waals surface area contributed by atoms with Crippen molar-refractivity contribution in [1.29, 1.82) is 0 Å². The summed E-state index contributed by atoms with van der Waals surface area (Å²) in [6.45, 7) is 5.84. The summed E-state index contributed by atoms with van der Waals surface area (Å²) in [4.78, 5) is 0. The predicted octanol–water partition coefficient (Wildman–Crippen LogP) is 3.89. The molecular formula is C17H19FO. The van der Waals surface area contributed by atoms with Crippen LogP contribution in [-0.2, 0) is 12.0 Å². The summed E-state index contributed by atoms with van der Waals surface area (Å²) in [5.41, 5.74) is 3.19. The van der Waals surface area contributed by atoms with Gasteiger partial charge in [0.1, 0.15) is 5.82 Å². The Bertz CT molecular complexity index is 570. The van der Waals surface area contributed by atoms with E-state index >= 15 is 0 Å². The molecule has 19 heavy (non-hydrogen) atoms. The van der Waals surface area contributed by atoms with Crippen LogP contribution < -0.4 is 0 Å². The topological polar surface area (TPSA) is 20.2 Å². The van der Waals surface area contributed by atoms with E-state index in [9.17, 15) is 9.50 Å². The van der Waals surface area contributed by atoms with Crippen LogP contribution in [0, 0.1) is 19.7 Å². The van der Waals surface area contributed by atoms with Crippen LogP contribution in [0.15, 0.2) is 42.5 Å². The maximum absolute atomic E-state index is 12.9. The molecule has 0 radical (unpaired) electrons. The number of hydrogen-bond acceptors (Lipinski definition) is 1. The molecule has 2 rings (SSSR count). The summed E-state index contributed by atoms with van der Waals surface area (Å²) in [7, 11) is 0. The smallest absolute Gasteiger partial charge is 0.123 e. The van der Waals surface area contributed by atoms with E-state index in [2.05, 4.69) is 18.2 Å². The SMILES string of the molecule is Cc1ccc(C)c(CC(C)(O)c2ccc(F)cc2)c1. The standard InChI is InChI=1S/C17H19FO/c1-12-4-5-13(2)14(10-12)11-17(3,19)15-6-8-16(18)9-7-15/h4-10,19H,11H2,1-3H3. The largest absolute Gasteiger partial charge is 0.385 e. The molecule has 0 saturated heterocycles. The predicted molar refractivity (Wildman–Crippen MR) is 75.6 cm³/mol. The van der Waals surface area contributed by atoms with E-state index in [1.807, 2.05) is 13.8 Å². The number of halogens is 1. The molecule has 2 aromatic rings. The second-order valence-corrected chi connectivity index (χ2v) is 5.39. The fraction of sp³-hybridized carbons (Fsp3) is 0.294. The number of rotatable bonds is 3. The Balaban J connectivity index is 2.30. The highest BCUT2D eigenvalue weighted by Crippen LogP contribution is 2.27. The van der Waals surface area contributed by atoms with E-state index in [-0.39, 0.29) is 5.82 Å². The Kier molecular flexibility index (Phi) is 3.72. The Morgan fingerprint density at radius 2 is 1.68 bits per heavy atom. The zero-order valence-electron chi connectivity index (χ0n) is 11.6. The fourth-order valence-electron chi connectivity index (χ4n) is 2.27. The third kappa shape index (κ3) is 3.21. The molecule has 0 fully saturated rings. The van der Waals surface area contributed by atoms with Crippen LogP contribution in [0.5, 0.6) is 0 Å². The summed E-state index contributed by atoms with van der Waals surface area (Å²) in [5.74, 6) is -0.286. The van der Waals surface area contributed by atoms with E-state index in [4.69, 9.17) is 0 Å². The third-order valence-electron chi connectivity index (χ3n) is 3.51. The molecule has 0 amide bonds. The molecule has 2 aromatic carbocycles. The van der Waals surface area contributed by atoms with Crippen LogP contribution in [0.4, 0.5) is 4.39 Å². The lowest BCUT2D eigenvalue weighted by Gasteiger charge is -2.25. The van der Waals surface area contributed by atoms with Crippen LogP contribution in [-0.4, -0.2) is 5.11 Å². The first-order chi connectivity index (χ1) is 8.88. The highest BCUT2D eigenvalue weighted by atomic mass is 19.1. The van der Waals surface area contributed by atoms with Gasteiger partial charge in [-0.25, -0.2) is 4.39 Å². The van der Waals surface area contributed by atoms with Crippen molar-refractivity contribution >= 4 is 0 Å². The molecule has 0 saturated carbocycles.